The minimum absolute atomic E-state index is 0.493. The number of fused-ring (bicyclic) bond motifs is 1. The molecule has 3 rings (SSSR count). The number of nitrogens with two attached hydrogens (primary N) is 1. The Morgan fingerprint density at radius 2 is 2.10 bits per heavy atom. The van der Waals surface area contributed by atoms with Crippen molar-refractivity contribution in [2.24, 2.45) is 5.73 Å². The first kappa shape index (κ1) is 13.0. The second-order valence-corrected chi connectivity index (χ2v) is 5.80. The van der Waals surface area contributed by atoms with Gasteiger partial charge in [0, 0.05) is 11.4 Å². The summed E-state index contributed by atoms with van der Waals surface area (Å²) in [6.07, 6.45) is 1.54. The van der Waals surface area contributed by atoms with Gasteiger partial charge in [0.05, 0.1) is 5.39 Å². The first-order chi connectivity index (χ1) is 9.69. The topological polar surface area (TPSA) is 61.0 Å². The predicted octanol–water partition coefficient (Wildman–Crippen LogP) is 3.56. The molecule has 0 unspecified atom stereocenters. The largest absolute Gasteiger partial charge is 0.438 e. The molecule has 20 heavy (non-hydrogen) atoms. The molecule has 0 amide bonds. The van der Waals surface area contributed by atoms with Crippen molar-refractivity contribution in [1.82, 2.24) is 9.97 Å². The van der Waals surface area contributed by atoms with Gasteiger partial charge >= 0.3 is 0 Å². The van der Waals surface area contributed by atoms with Crippen LogP contribution >= 0.6 is 11.3 Å². The van der Waals surface area contributed by atoms with Crippen LogP contribution in [0.3, 0.4) is 0 Å². The van der Waals surface area contributed by atoms with E-state index in [1.54, 1.807) is 17.7 Å². The van der Waals surface area contributed by atoms with Crippen molar-refractivity contribution < 1.29 is 4.74 Å². The molecule has 0 spiro atoms. The fraction of sp³-hybridized carbons (Fsp3) is 0.200. The quantitative estimate of drug-likeness (QED) is 0.799. The number of ether oxygens (including phenoxy) is 1. The highest BCUT2D eigenvalue weighted by molar-refractivity contribution is 7.18. The molecule has 2 heterocycles. The summed E-state index contributed by atoms with van der Waals surface area (Å²) in [7, 11) is 0. The van der Waals surface area contributed by atoms with E-state index in [1.807, 2.05) is 24.3 Å². The summed E-state index contributed by atoms with van der Waals surface area (Å²) >= 11 is 1.66. The molecule has 0 saturated carbocycles. The zero-order valence-electron chi connectivity index (χ0n) is 11.4. The molecule has 0 atom stereocenters. The molecule has 2 aromatic heterocycles. The van der Waals surface area contributed by atoms with E-state index in [2.05, 4.69) is 23.8 Å². The molecule has 0 fully saturated rings. The average Bonchev–Trinajstić information content (AvgIpc) is 2.75. The number of hydrogen-bond acceptors (Lipinski definition) is 5. The van der Waals surface area contributed by atoms with Crippen LogP contribution in [-0.4, -0.2) is 9.97 Å². The Hall–Kier alpha value is -1.98. The van der Waals surface area contributed by atoms with E-state index in [1.165, 1.54) is 10.4 Å². The summed E-state index contributed by atoms with van der Waals surface area (Å²) < 4.78 is 5.93. The van der Waals surface area contributed by atoms with Crippen molar-refractivity contribution in [3.05, 3.63) is 46.6 Å². The summed E-state index contributed by atoms with van der Waals surface area (Å²) in [5.41, 5.74) is 7.86. The Morgan fingerprint density at radius 1 is 1.25 bits per heavy atom. The fourth-order valence-electron chi connectivity index (χ4n) is 2.08. The van der Waals surface area contributed by atoms with Gasteiger partial charge in [0.25, 0.3) is 0 Å². The number of aryl methyl sites for hydroxylation is 2. The molecule has 0 bridgehead atoms. The number of hydrogen-bond donors (Lipinski definition) is 1. The molecule has 4 nitrogen and oxygen atoms in total. The highest BCUT2D eigenvalue weighted by Crippen LogP contribution is 2.35. The molecule has 0 aliphatic rings. The molecule has 1 aromatic carbocycles. The van der Waals surface area contributed by atoms with Crippen molar-refractivity contribution in [2.45, 2.75) is 20.4 Å². The Labute approximate surface area is 121 Å². The molecular formula is C15H15N3OS. The van der Waals surface area contributed by atoms with Gasteiger partial charge in [0.2, 0.25) is 5.88 Å². The van der Waals surface area contributed by atoms with Crippen LogP contribution in [0, 0.1) is 13.8 Å². The zero-order valence-corrected chi connectivity index (χ0v) is 12.2. The Kier molecular flexibility index (Phi) is 3.38. The third kappa shape index (κ3) is 2.26. The van der Waals surface area contributed by atoms with Crippen molar-refractivity contribution in [2.75, 3.05) is 0 Å². The molecule has 2 N–H and O–H groups in total. The smallest absolute Gasteiger partial charge is 0.231 e. The first-order valence-corrected chi connectivity index (χ1v) is 7.18. The van der Waals surface area contributed by atoms with Gasteiger partial charge in [-0.2, -0.15) is 0 Å². The van der Waals surface area contributed by atoms with Gasteiger partial charge in [-0.25, -0.2) is 9.97 Å². The van der Waals surface area contributed by atoms with Gasteiger partial charge < -0.3 is 10.5 Å². The van der Waals surface area contributed by atoms with Gasteiger partial charge in [-0.05, 0) is 37.1 Å². The lowest BCUT2D eigenvalue weighted by Crippen LogP contribution is -1.96. The fourth-order valence-corrected chi connectivity index (χ4v) is 3.06. The minimum atomic E-state index is 0.493. The lowest BCUT2D eigenvalue weighted by molar-refractivity contribution is 0.467. The monoisotopic (exact) mass is 285 g/mol. The second-order valence-electron chi connectivity index (χ2n) is 4.60. The van der Waals surface area contributed by atoms with Crippen LogP contribution in [0.2, 0.25) is 0 Å². The Bertz CT molecular complexity index is 767. The maximum Gasteiger partial charge on any atom is 0.231 e. The van der Waals surface area contributed by atoms with E-state index >= 15 is 0 Å². The number of nitrogens with zero attached hydrogens (tertiary/aromatic N) is 2. The Morgan fingerprint density at radius 3 is 2.90 bits per heavy atom. The summed E-state index contributed by atoms with van der Waals surface area (Å²) in [4.78, 5) is 10.8. The molecule has 0 aliphatic carbocycles. The van der Waals surface area contributed by atoms with Gasteiger partial charge in [0.15, 0.2) is 0 Å². The maximum absolute atomic E-state index is 5.93. The number of thiophene rings is 1. The lowest BCUT2D eigenvalue weighted by atomic mass is 10.2. The number of rotatable bonds is 3. The van der Waals surface area contributed by atoms with Crippen LogP contribution in [0.1, 0.15) is 16.0 Å². The molecule has 5 heteroatoms. The zero-order chi connectivity index (χ0) is 14.1. The average molecular weight is 285 g/mol. The van der Waals surface area contributed by atoms with E-state index in [0.717, 1.165) is 21.5 Å². The van der Waals surface area contributed by atoms with E-state index in [9.17, 15) is 0 Å². The third-order valence-electron chi connectivity index (χ3n) is 3.28. The van der Waals surface area contributed by atoms with Gasteiger partial charge in [-0.15, -0.1) is 11.3 Å². The van der Waals surface area contributed by atoms with Crippen molar-refractivity contribution in [3.8, 4) is 11.6 Å². The normalized spacial score (nSPS) is 10.9. The lowest BCUT2D eigenvalue weighted by Gasteiger charge is -2.07. The van der Waals surface area contributed by atoms with Crippen LogP contribution in [-0.2, 0) is 6.54 Å². The summed E-state index contributed by atoms with van der Waals surface area (Å²) in [5, 5.41) is 0.994. The van der Waals surface area contributed by atoms with Gasteiger partial charge in [-0.3, -0.25) is 0 Å². The molecule has 3 aromatic rings. The number of benzene rings is 1. The highest BCUT2D eigenvalue weighted by atomic mass is 32.1. The van der Waals surface area contributed by atoms with Crippen molar-refractivity contribution in [3.63, 3.8) is 0 Å². The predicted molar refractivity (Wildman–Crippen MR) is 81.3 cm³/mol. The van der Waals surface area contributed by atoms with Gasteiger partial charge in [-0.1, -0.05) is 12.1 Å². The minimum Gasteiger partial charge on any atom is -0.438 e. The van der Waals surface area contributed by atoms with Crippen molar-refractivity contribution in [1.29, 1.82) is 0 Å². The number of aromatic nitrogens is 2. The van der Waals surface area contributed by atoms with E-state index in [4.69, 9.17) is 10.5 Å². The van der Waals surface area contributed by atoms with Gasteiger partial charge in [0.1, 0.15) is 16.9 Å². The summed E-state index contributed by atoms with van der Waals surface area (Å²) in [6.45, 7) is 4.65. The SMILES string of the molecule is Cc1sc2ncnc(Oc3cccc(CN)c3)c2c1C. The van der Waals surface area contributed by atoms with Crippen LogP contribution in [0.25, 0.3) is 10.2 Å². The van der Waals surface area contributed by atoms with E-state index < -0.39 is 0 Å². The van der Waals surface area contributed by atoms with Crippen molar-refractivity contribution >= 4 is 21.6 Å². The highest BCUT2D eigenvalue weighted by Gasteiger charge is 2.13. The third-order valence-corrected chi connectivity index (χ3v) is 4.39. The molecule has 0 aliphatic heterocycles. The van der Waals surface area contributed by atoms with Crippen LogP contribution < -0.4 is 10.5 Å². The van der Waals surface area contributed by atoms with E-state index in [0.29, 0.717) is 12.4 Å². The van der Waals surface area contributed by atoms with Crippen LogP contribution in [0.15, 0.2) is 30.6 Å². The van der Waals surface area contributed by atoms with Crippen LogP contribution in [0.5, 0.6) is 11.6 Å². The summed E-state index contributed by atoms with van der Waals surface area (Å²) in [5.74, 6) is 1.35. The molecule has 102 valence electrons. The second kappa shape index (κ2) is 5.19. The maximum atomic E-state index is 5.93. The standard InChI is InChI=1S/C15H15N3OS/c1-9-10(2)20-15-13(9)14(17-8-18-15)19-12-5-3-4-11(6-12)7-16/h3-6,8H,7,16H2,1-2H3. The summed E-state index contributed by atoms with van der Waals surface area (Å²) in [6, 6.07) is 7.74. The van der Waals surface area contributed by atoms with Crippen LogP contribution in [0.4, 0.5) is 0 Å². The first-order valence-electron chi connectivity index (χ1n) is 6.36. The Balaban J connectivity index is 2.06. The molecule has 0 radical (unpaired) electrons. The van der Waals surface area contributed by atoms with E-state index in [-0.39, 0.29) is 0 Å². The molecule has 0 saturated heterocycles. The molecular weight excluding hydrogens is 270 g/mol.